The van der Waals surface area contributed by atoms with E-state index in [4.69, 9.17) is 0 Å². The van der Waals surface area contributed by atoms with E-state index in [9.17, 15) is 20.3 Å². The summed E-state index contributed by atoms with van der Waals surface area (Å²) >= 11 is 0. The Balaban J connectivity index is 2.44. The fourth-order valence-corrected chi connectivity index (χ4v) is 4.29. The maximum absolute atomic E-state index is 12.2. The molecule has 2 N–H and O–H groups in total. The van der Waals surface area contributed by atoms with Crippen molar-refractivity contribution < 1.29 is 15.1 Å². The third-order valence-electron chi connectivity index (χ3n) is 5.73. The molecule has 3 rings (SSSR count). The average molecular weight is 379 g/mol. The summed E-state index contributed by atoms with van der Waals surface area (Å²) in [6.07, 6.45) is 5.49. The molecule has 1 unspecified atom stereocenters. The van der Waals surface area contributed by atoms with Gasteiger partial charge in [-0.15, -0.1) is 0 Å². The van der Waals surface area contributed by atoms with Crippen LogP contribution in [0.1, 0.15) is 40.3 Å². The van der Waals surface area contributed by atoms with Gasteiger partial charge in [-0.25, -0.2) is 0 Å². The Morgan fingerprint density at radius 2 is 1.25 bits per heavy atom. The molecule has 0 heterocycles. The number of phenols is 2. The maximum Gasteiger partial charge on any atom is 0.251 e. The van der Waals surface area contributed by atoms with Crippen LogP contribution in [-0.4, -0.2) is 21.2 Å². The summed E-state index contributed by atoms with van der Waals surface area (Å²) in [5.41, 5.74) is 3.78. The summed E-state index contributed by atoms with van der Waals surface area (Å²) in [6.45, 7) is 8.95. The van der Waals surface area contributed by atoms with Gasteiger partial charge in [-0.1, -0.05) is 42.5 Å². The molecule has 0 saturated heterocycles. The van der Waals surface area contributed by atoms with Crippen molar-refractivity contribution in [2.45, 2.75) is 46.1 Å². The van der Waals surface area contributed by atoms with Gasteiger partial charge in [-0.2, -0.15) is 0 Å². The van der Waals surface area contributed by atoms with Crippen LogP contribution in [0.2, 0.25) is 0 Å². The molecule has 0 fully saturated rings. The number of benzene rings is 2. The van der Waals surface area contributed by atoms with Gasteiger partial charge in [0.15, 0.2) is 0 Å². The summed E-state index contributed by atoms with van der Waals surface area (Å²) in [6, 6.07) is 6.28. The first-order valence-corrected chi connectivity index (χ1v) is 9.20. The molecule has 1 aliphatic rings. The smallest absolute Gasteiger partial charge is 0.251 e. The van der Waals surface area contributed by atoms with E-state index in [0.717, 1.165) is 11.1 Å². The van der Waals surface area contributed by atoms with Crippen LogP contribution in [0, 0.1) is 37.8 Å². The van der Waals surface area contributed by atoms with Crippen LogP contribution in [-0.2, 0) is 5.41 Å². The monoisotopic (exact) mass is 379 g/mol. The van der Waals surface area contributed by atoms with Crippen LogP contribution in [0.3, 0.4) is 0 Å². The molecule has 0 bridgehead atoms. The Hall–Kier alpha value is -3.08. The number of nitrogens with zero attached hydrogens (tertiary/aromatic N) is 1. The van der Waals surface area contributed by atoms with Crippen molar-refractivity contribution in [1.29, 1.82) is 0 Å². The molecule has 0 aliphatic heterocycles. The van der Waals surface area contributed by atoms with Crippen molar-refractivity contribution in [3.8, 4) is 11.5 Å². The van der Waals surface area contributed by atoms with Gasteiger partial charge < -0.3 is 10.2 Å². The number of rotatable bonds is 3. The van der Waals surface area contributed by atoms with Crippen molar-refractivity contribution in [2.75, 3.05) is 0 Å². The van der Waals surface area contributed by atoms with E-state index >= 15 is 0 Å². The van der Waals surface area contributed by atoms with E-state index < -0.39 is 11.5 Å². The molecular formula is C23H25NO4. The number of aryl methyl sites for hydroxylation is 4. The van der Waals surface area contributed by atoms with Gasteiger partial charge in [-0.05, 0) is 68.0 Å². The molecule has 1 aliphatic carbocycles. The number of nitro groups is 1. The average Bonchev–Trinajstić information content (AvgIpc) is 2.62. The Morgan fingerprint density at radius 1 is 0.857 bits per heavy atom. The normalized spacial score (nSPS) is 18.0. The molecule has 0 saturated carbocycles. The van der Waals surface area contributed by atoms with E-state index in [-0.39, 0.29) is 16.4 Å². The molecule has 2 aromatic carbocycles. The zero-order chi connectivity index (χ0) is 20.8. The Kier molecular flexibility index (Phi) is 4.79. The third kappa shape index (κ3) is 2.87. The predicted octanol–water partition coefficient (Wildman–Crippen LogP) is 4.78. The molecule has 5 nitrogen and oxygen atoms in total. The largest absolute Gasteiger partial charge is 0.507 e. The molecule has 2 aromatic rings. The second-order valence-corrected chi connectivity index (χ2v) is 7.74. The van der Waals surface area contributed by atoms with Gasteiger partial charge in [0.25, 0.3) is 6.04 Å². The first-order valence-electron chi connectivity index (χ1n) is 9.20. The highest BCUT2D eigenvalue weighted by atomic mass is 16.6. The zero-order valence-corrected chi connectivity index (χ0v) is 16.8. The van der Waals surface area contributed by atoms with Gasteiger partial charge in [0.05, 0.1) is 0 Å². The number of hydrogen-bond acceptors (Lipinski definition) is 4. The zero-order valence-electron chi connectivity index (χ0n) is 16.8. The summed E-state index contributed by atoms with van der Waals surface area (Å²) < 4.78 is 0. The minimum atomic E-state index is -1.05. The van der Waals surface area contributed by atoms with E-state index in [1.807, 2.05) is 36.4 Å². The van der Waals surface area contributed by atoms with Crippen LogP contribution in [0.25, 0.3) is 0 Å². The lowest BCUT2D eigenvalue weighted by atomic mass is 9.64. The maximum atomic E-state index is 12.2. The van der Waals surface area contributed by atoms with Crippen molar-refractivity contribution in [1.82, 2.24) is 0 Å². The number of hydrogen-bond donors (Lipinski definition) is 2. The third-order valence-corrected chi connectivity index (χ3v) is 5.73. The van der Waals surface area contributed by atoms with Crippen molar-refractivity contribution in [2.24, 2.45) is 0 Å². The minimum absolute atomic E-state index is 0.196. The van der Waals surface area contributed by atoms with Gasteiger partial charge >= 0.3 is 0 Å². The summed E-state index contributed by atoms with van der Waals surface area (Å²) in [5, 5.41) is 32.7. The standard InChI is InChI=1S/C23H25NO4/c1-13-7-6-8-23(22(13)24(27)28,18-9-14(2)20(25)15(3)10-18)19-11-16(4)21(26)17(5)12-19/h6-12,22,25-26H,1-5H3. The van der Waals surface area contributed by atoms with Gasteiger partial charge in [0, 0.05) is 10.5 Å². The van der Waals surface area contributed by atoms with Gasteiger partial charge in [0.1, 0.15) is 16.9 Å². The highest BCUT2D eigenvalue weighted by Crippen LogP contribution is 2.46. The van der Waals surface area contributed by atoms with Crippen LogP contribution in [0.15, 0.2) is 48.1 Å². The molecule has 1 atom stereocenters. The highest BCUT2D eigenvalue weighted by Gasteiger charge is 2.50. The lowest BCUT2D eigenvalue weighted by Gasteiger charge is -2.37. The summed E-state index contributed by atoms with van der Waals surface area (Å²) in [4.78, 5) is 12.0. The SMILES string of the molecule is CC1=CC=CC(c2cc(C)c(O)c(C)c2)(c2cc(C)c(O)c(C)c2)C1[N+](=O)[O-]. The quantitative estimate of drug-likeness (QED) is 0.594. The predicted molar refractivity (Wildman–Crippen MR) is 110 cm³/mol. The Bertz CT molecular complexity index is 929. The minimum Gasteiger partial charge on any atom is -0.507 e. The molecule has 0 amide bonds. The lowest BCUT2D eigenvalue weighted by Crippen LogP contribution is -2.46. The van der Waals surface area contributed by atoms with Crippen LogP contribution in [0.4, 0.5) is 0 Å². The summed E-state index contributed by atoms with van der Waals surface area (Å²) in [5.74, 6) is 0.392. The molecule has 0 aromatic heterocycles. The van der Waals surface area contributed by atoms with E-state index in [0.29, 0.717) is 27.8 Å². The number of phenolic OH excluding ortho intramolecular Hbond substituents is 2. The van der Waals surface area contributed by atoms with Crippen molar-refractivity contribution >= 4 is 0 Å². The van der Waals surface area contributed by atoms with E-state index in [1.165, 1.54) is 0 Å². The van der Waals surface area contributed by atoms with Crippen LogP contribution >= 0.6 is 0 Å². The van der Waals surface area contributed by atoms with Gasteiger partial charge in [0.2, 0.25) is 0 Å². The first-order chi connectivity index (χ1) is 13.1. The Morgan fingerprint density at radius 3 is 1.61 bits per heavy atom. The number of allylic oxidation sites excluding steroid dienone is 2. The summed E-state index contributed by atoms with van der Waals surface area (Å²) in [7, 11) is 0. The van der Waals surface area contributed by atoms with E-state index in [2.05, 4.69) is 0 Å². The molecule has 5 heteroatoms. The Labute approximate surface area is 164 Å². The second kappa shape index (κ2) is 6.82. The molecule has 0 radical (unpaired) electrons. The highest BCUT2D eigenvalue weighted by molar-refractivity contribution is 5.58. The molecule has 0 spiro atoms. The van der Waals surface area contributed by atoms with Crippen LogP contribution < -0.4 is 0 Å². The van der Waals surface area contributed by atoms with Crippen LogP contribution in [0.5, 0.6) is 11.5 Å². The fraction of sp³-hybridized carbons (Fsp3) is 0.304. The molecular weight excluding hydrogens is 354 g/mol. The van der Waals surface area contributed by atoms with Crippen molar-refractivity contribution in [3.63, 3.8) is 0 Å². The second-order valence-electron chi connectivity index (χ2n) is 7.74. The number of aromatic hydroxyl groups is 2. The van der Waals surface area contributed by atoms with Crippen molar-refractivity contribution in [3.05, 3.63) is 91.6 Å². The topological polar surface area (TPSA) is 83.6 Å². The van der Waals surface area contributed by atoms with E-state index in [1.54, 1.807) is 40.7 Å². The molecule has 28 heavy (non-hydrogen) atoms. The van der Waals surface area contributed by atoms with Gasteiger partial charge in [-0.3, -0.25) is 10.1 Å². The lowest BCUT2D eigenvalue weighted by molar-refractivity contribution is -0.520. The fourth-order valence-electron chi connectivity index (χ4n) is 4.29. The molecule has 146 valence electrons. The first kappa shape index (κ1) is 19.7.